The molecule has 1 fully saturated rings. The Bertz CT molecular complexity index is 578. The van der Waals surface area contributed by atoms with Gasteiger partial charge in [-0.2, -0.15) is 0 Å². The number of hydrogen-bond donors (Lipinski definition) is 2. The molecular weight excluding hydrogens is 228 g/mol. The number of H-pyrrole nitrogens is 1. The molecule has 0 radical (unpaired) electrons. The minimum absolute atomic E-state index is 0.0312. The monoisotopic (exact) mass is 236 g/mol. The first-order valence-corrected chi connectivity index (χ1v) is 5.41. The number of carbonyl (C=O) groups is 1. The molecule has 0 aliphatic heterocycles. The first-order valence-electron chi connectivity index (χ1n) is 5.03. The highest BCUT2D eigenvalue weighted by Crippen LogP contribution is 2.46. The summed E-state index contributed by atoms with van der Waals surface area (Å²) in [6, 6.07) is 5.41. The maximum absolute atomic E-state index is 10.8. The molecule has 0 amide bonds. The van der Waals surface area contributed by atoms with Crippen LogP contribution in [0.3, 0.4) is 0 Å². The molecule has 4 nitrogen and oxygen atoms in total. The molecule has 5 heteroatoms. The lowest BCUT2D eigenvalue weighted by Crippen LogP contribution is -1.99. The molecule has 0 unspecified atom stereocenters. The zero-order valence-electron chi connectivity index (χ0n) is 8.27. The average Bonchev–Trinajstić information content (AvgIpc) is 2.93. The third kappa shape index (κ3) is 1.46. The minimum Gasteiger partial charge on any atom is -0.481 e. The van der Waals surface area contributed by atoms with E-state index in [0.717, 1.165) is 16.9 Å². The van der Waals surface area contributed by atoms with Crippen molar-refractivity contribution in [1.82, 2.24) is 9.97 Å². The molecular formula is C11H9ClN2O2. The van der Waals surface area contributed by atoms with Gasteiger partial charge in [0, 0.05) is 10.9 Å². The normalized spacial score (nSPS) is 23.6. The van der Waals surface area contributed by atoms with Crippen molar-refractivity contribution in [1.29, 1.82) is 0 Å². The van der Waals surface area contributed by atoms with Gasteiger partial charge >= 0.3 is 5.97 Å². The summed E-state index contributed by atoms with van der Waals surface area (Å²) in [7, 11) is 0. The summed E-state index contributed by atoms with van der Waals surface area (Å²) < 4.78 is 0. The highest BCUT2D eigenvalue weighted by atomic mass is 35.5. The molecule has 1 heterocycles. The number of aromatic amines is 1. The van der Waals surface area contributed by atoms with E-state index in [0.29, 0.717) is 11.4 Å². The first kappa shape index (κ1) is 9.66. The topological polar surface area (TPSA) is 66.0 Å². The summed E-state index contributed by atoms with van der Waals surface area (Å²) >= 11 is 5.85. The smallest absolute Gasteiger partial charge is 0.307 e. The highest BCUT2D eigenvalue weighted by Gasteiger charge is 2.46. The Kier molecular flexibility index (Phi) is 1.94. The summed E-state index contributed by atoms with van der Waals surface area (Å²) in [6.07, 6.45) is 0.670. The van der Waals surface area contributed by atoms with Crippen LogP contribution in [0.4, 0.5) is 0 Å². The van der Waals surface area contributed by atoms with Crippen LogP contribution in [0.1, 0.15) is 18.2 Å². The summed E-state index contributed by atoms with van der Waals surface area (Å²) in [5.41, 5.74) is 1.69. The van der Waals surface area contributed by atoms with Crippen LogP contribution in [0.25, 0.3) is 11.0 Å². The predicted molar refractivity (Wildman–Crippen MR) is 59.6 cm³/mol. The van der Waals surface area contributed by atoms with Gasteiger partial charge in [-0.3, -0.25) is 4.79 Å². The van der Waals surface area contributed by atoms with Crippen molar-refractivity contribution in [3.8, 4) is 0 Å². The van der Waals surface area contributed by atoms with Crippen LogP contribution < -0.4 is 0 Å². The van der Waals surface area contributed by atoms with Gasteiger partial charge in [-0.05, 0) is 24.6 Å². The fourth-order valence-electron chi connectivity index (χ4n) is 1.94. The van der Waals surface area contributed by atoms with E-state index >= 15 is 0 Å². The van der Waals surface area contributed by atoms with Gasteiger partial charge in [-0.15, -0.1) is 0 Å². The lowest BCUT2D eigenvalue weighted by Gasteiger charge is -1.89. The molecule has 0 saturated heterocycles. The maximum Gasteiger partial charge on any atom is 0.307 e. The quantitative estimate of drug-likeness (QED) is 0.842. The van der Waals surface area contributed by atoms with Crippen LogP contribution in [0.2, 0.25) is 5.02 Å². The number of nitrogens with one attached hydrogen (secondary N) is 1. The predicted octanol–water partition coefficient (Wildman–Crippen LogP) is 2.40. The van der Waals surface area contributed by atoms with Crippen LogP contribution in [0, 0.1) is 5.92 Å². The Labute approximate surface area is 96.3 Å². The highest BCUT2D eigenvalue weighted by molar-refractivity contribution is 6.31. The van der Waals surface area contributed by atoms with Crippen molar-refractivity contribution in [2.45, 2.75) is 12.3 Å². The number of fused-ring (bicyclic) bond motifs is 1. The molecule has 0 bridgehead atoms. The van der Waals surface area contributed by atoms with Crippen LogP contribution in [0.5, 0.6) is 0 Å². The number of carboxylic acids is 1. The Morgan fingerprint density at radius 2 is 2.38 bits per heavy atom. The van der Waals surface area contributed by atoms with Crippen molar-refractivity contribution in [3.05, 3.63) is 29.0 Å². The van der Waals surface area contributed by atoms with Gasteiger partial charge < -0.3 is 10.1 Å². The Hall–Kier alpha value is -1.55. The van der Waals surface area contributed by atoms with Gasteiger partial charge in [0.15, 0.2) is 0 Å². The fourth-order valence-corrected chi connectivity index (χ4v) is 2.11. The van der Waals surface area contributed by atoms with E-state index in [-0.39, 0.29) is 11.8 Å². The van der Waals surface area contributed by atoms with Gasteiger partial charge in [-0.1, -0.05) is 11.6 Å². The van der Waals surface area contributed by atoms with Crippen molar-refractivity contribution in [2.75, 3.05) is 0 Å². The number of halogens is 1. The Morgan fingerprint density at radius 3 is 3.06 bits per heavy atom. The van der Waals surface area contributed by atoms with Crippen LogP contribution >= 0.6 is 11.6 Å². The first-order chi connectivity index (χ1) is 7.65. The van der Waals surface area contributed by atoms with Crippen LogP contribution in [0.15, 0.2) is 18.2 Å². The lowest BCUT2D eigenvalue weighted by molar-refractivity contribution is -0.138. The summed E-state index contributed by atoms with van der Waals surface area (Å²) in [6.45, 7) is 0. The summed E-state index contributed by atoms with van der Waals surface area (Å²) in [5.74, 6) is -0.243. The number of rotatable bonds is 2. The molecule has 1 aromatic heterocycles. The van der Waals surface area contributed by atoms with E-state index in [1.54, 1.807) is 12.1 Å². The number of benzene rings is 1. The van der Waals surface area contributed by atoms with Crippen molar-refractivity contribution in [2.24, 2.45) is 5.92 Å². The third-order valence-electron chi connectivity index (χ3n) is 2.92. The van der Waals surface area contributed by atoms with Crippen molar-refractivity contribution >= 4 is 28.6 Å². The van der Waals surface area contributed by atoms with Crippen LogP contribution in [-0.4, -0.2) is 21.0 Å². The third-order valence-corrected chi connectivity index (χ3v) is 3.16. The fraction of sp³-hybridized carbons (Fsp3) is 0.273. The maximum atomic E-state index is 10.8. The molecule has 1 aliphatic rings. The van der Waals surface area contributed by atoms with Crippen molar-refractivity contribution < 1.29 is 9.90 Å². The van der Waals surface area contributed by atoms with E-state index in [2.05, 4.69) is 9.97 Å². The molecule has 3 rings (SSSR count). The van der Waals surface area contributed by atoms with Gasteiger partial charge in [-0.25, -0.2) is 4.98 Å². The minimum atomic E-state index is -0.747. The molecule has 2 N–H and O–H groups in total. The van der Waals surface area contributed by atoms with Gasteiger partial charge in [0.1, 0.15) is 5.82 Å². The van der Waals surface area contributed by atoms with Gasteiger partial charge in [0.25, 0.3) is 0 Å². The standard InChI is InChI=1S/C11H9ClN2O2/c12-5-1-2-8-9(3-5)14-10(13-8)6-4-7(6)11(15)16/h1-3,6-7H,4H2,(H,13,14)(H,15,16)/t6-,7-/m0/s1. The zero-order chi connectivity index (χ0) is 11.3. The average molecular weight is 237 g/mol. The molecule has 0 spiro atoms. The van der Waals surface area contributed by atoms with E-state index < -0.39 is 5.97 Å². The summed E-state index contributed by atoms with van der Waals surface area (Å²) in [4.78, 5) is 18.3. The number of aromatic nitrogens is 2. The number of carboxylic acid groups (broad SMARTS) is 1. The number of nitrogens with zero attached hydrogens (tertiary/aromatic N) is 1. The van der Waals surface area contributed by atoms with Crippen LogP contribution in [-0.2, 0) is 4.79 Å². The molecule has 1 saturated carbocycles. The molecule has 2 atom stereocenters. The van der Waals surface area contributed by atoms with Gasteiger partial charge in [0.05, 0.1) is 17.0 Å². The largest absolute Gasteiger partial charge is 0.481 e. The SMILES string of the molecule is O=C(O)[C@H]1C[C@@H]1c1nc2cc(Cl)ccc2[nH]1. The second-order valence-corrected chi connectivity index (χ2v) is 4.51. The lowest BCUT2D eigenvalue weighted by atomic mass is 10.3. The van der Waals surface area contributed by atoms with Gasteiger partial charge in [0.2, 0.25) is 0 Å². The second kappa shape index (κ2) is 3.22. The Balaban J connectivity index is 1.98. The molecule has 16 heavy (non-hydrogen) atoms. The molecule has 1 aromatic carbocycles. The van der Waals surface area contributed by atoms with Crippen molar-refractivity contribution in [3.63, 3.8) is 0 Å². The number of aliphatic carboxylic acids is 1. The van der Waals surface area contributed by atoms with E-state index in [4.69, 9.17) is 16.7 Å². The van der Waals surface area contributed by atoms with E-state index in [1.807, 2.05) is 6.07 Å². The summed E-state index contributed by atoms with van der Waals surface area (Å²) in [5, 5.41) is 9.48. The zero-order valence-corrected chi connectivity index (χ0v) is 9.03. The Morgan fingerprint density at radius 1 is 1.56 bits per heavy atom. The molecule has 1 aliphatic carbocycles. The number of imidazole rings is 1. The number of hydrogen-bond acceptors (Lipinski definition) is 2. The molecule has 2 aromatic rings. The second-order valence-electron chi connectivity index (χ2n) is 4.07. The molecule has 82 valence electrons. The van der Waals surface area contributed by atoms with E-state index in [1.165, 1.54) is 0 Å². The van der Waals surface area contributed by atoms with E-state index in [9.17, 15) is 4.79 Å².